The van der Waals surface area contributed by atoms with E-state index in [1.165, 1.54) is 6.33 Å². The monoisotopic (exact) mass is 362 g/mol. The summed E-state index contributed by atoms with van der Waals surface area (Å²) >= 11 is 0. The summed E-state index contributed by atoms with van der Waals surface area (Å²) < 4.78 is 5.33. The number of hydrogen-bond donors (Lipinski definition) is 2. The first-order valence-corrected chi connectivity index (χ1v) is 8.71. The summed E-state index contributed by atoms with van der Waals surface area (Å²) in [5, 5.41) is 6.08. The fraction of sp³-hybridized carbons (Fsp3) is 0.190. The molecule has 0 atom stereocenters. The van der Waals surface area contributed by atoms with Crippen LogP contribution in [-0.4, -0.2) is 29.5 Å². The number of anilines is 2. The molecule has 138 valence electrons. The number of aromatic nitrogens is 2. The Morgan fingerprint density at radius 1 is 1.07 bits per heavy atom. The van der Waals surface area contributed by atoms with E-state index in [-0.39, 0.29) is 5.91 Å². The van der Waals surface area contributed by atoms with Crippen LogP contribution in [0.4, 0.5) is 11.5 Å². The highest BCUT2D eigenvalue weighted by molar-refractivity contribution is 5.92. The van der Waals surface area contributed by atoms with Gasteiger partial charge in [0.2, 0.25) is 0 Å². The van der Waals surface area contributed by atoms with Crippen molar-refractivity contribution in [1.29, 1.82) is 0 Å². The lowest BCUT2D eigenvalue weighted by atomic mass is 10.1. The summed E-state index contributed by atoms with van der Waals surface area (Å²) in [6, 6.07) is 17.3. The van der Waals surface area contributed by atoms with Gasteiger partial charge in [-0.05, 0) is 42.7 Å². The first-order chi connectivity index (χ1) is 13.2. The van der Waals surface area contributed by atoms with Gasteiger partial charge in [-0.3, -0.25) is 4.79 Å². The van der Waals surface area contributed by atoms with Crippen molar-refractivity contribution in [2.24, 2.45) is 0 Å². The van der Waals surface area contributed by atoms with Crippen molar-refractivity contribution in [3.8, 4) is 5.75 Å². The van der Waals surface area contributed by atoms with Crippen LogP contribution in [0, 0.1) is 6.92 Å². The van der Waals surface area contributed by atoms with Gasteiger partial charge in [-0.1, -0.05) is 30.3 Å². The molecule has 2 aromatic carbocycles. The molecular formula is C21H22N4O2. The maximum atomic E-state index is 12.4. The maximum absolute atomic E-state index is 12.4. The average Bonchev–Trinajstić information content (AvgIpc) is 2.68. The van der Waals surface area contributed by atoms with E-state index in [9.17, 15) is 4.79 Å². The molecule has 3 aromatic rings. The van der Waals surface area contributed by atoms with Crippen molar-refractivity contribution in [3.05, 3.63) is 77.7 Å². The van der Waals surface area contributed by atoms with Crippen LogP contribution in [-0.2, 0) is 6.42 Å². The zero-order chi connectivity index (χ0) is 19.1. The van der Waals surface area contributed by atoms with E-state index >= 15 is 0 Å². The number of methoxy groups -OCH3 is 1. The Morgan fingerprint density at radius 2 is 1.93 bits per heavy atom. The third-order valence-electron chi connectivity index (χ3n) is 4.06. The van der Waals surface area contributed by atoms with Gasteiger partial charge in [0.05, 0.1) is 7.11 Å². The molecule has 0 radical (unpaired) electrons. The lowest BCUT2D eigenvalue weighted by Gasteiger charge is -2.10. The first kappa shape index (κ1) is 18.4. The number of rotatable bonds is 7. The molecule has 6 heteroatoms. The molecule has 0 saturated heterocycles. The van der Waals surface area contributed by atoms with Crippen LogP contribution in [0.1, 0.15) is 21.6 Å². The molecule has 1 heterocycles. The molecule has 3 rings (SSSR count). The minimum absolute atomic E-state index is 0.236. The Hall–Kier alpha value is -3.41. The number of hydrogen-bond acceptors (Lipinski definition) is 5. The van der Waals surface area contributed by atoms with Crippen LogP contribution in [0.25, 0.3) is 0 Å². The van der Waals surface area contributed by atoms with E-state index in [1.807, 2.05) is 55.5 Å². The van der Waals surface area contributed by atoms with Crippen molar-refractivity contribution >= 4 is 17.4 Å². The number of aryl methyl sites for hydroxylation is 1. The lowest BCUT2D eigenvalue weighted by Crippen LogP contribution is -2.26. The molecule has 0 fully saturated rings. The number of ether oxygens (including phenoxy) is 1. The van der Waals surface area contributed by atoms with Crippen molar-refractivity contribution in [2.75, 3.05) is 19.0 Å². The highest BCUT2D eigenvalue weighted by Gasteiger charge is 2.09. The predicted octanol–water partition coefficient (Wildman–Crippen LogP) is 3.51. The summed E-state index contributed by atoms with van der Waals surface area (Å²) in [7, 11) is 1.64. The zero-order valence-electron chi connectivity index (χ0n) is 15.4. The maximum Gasteiger partial charge on any atom is 0.270 e. The van der Waals surface area contributed by atoms with E-state index in [0.717, 1.165) is 22.6 Å². The molecule has 2 N–H and O–H groups in total. The van der Waals surface area contributed by atoms with Gasteiger partial charge in [-0.15, -0.1) is 0 Å². The van der Waals surface area contributed by atoms with Gasteiger partial charge in [0.1, 0.15) is 23.6 Å². The SMILES string of the molecule is COc1ccccc1CCNC(=O)c1cc(Nc2cccc(C)c2)ncn1. The smallest absolute Gasteiger partial charge is 0.270 e. The summed E-state index contributed by atoms with van der Waals surface area (Å²) in [4.78, 5) is 20.6. The number of carbonyl (C=O) groups is 1. The fourth-order valence-electron chi connectivity index (χ4n) is 2.73. The molecule has 27 heavy (non-hydrogen) atoms. The summed E-state index contributed by atoms with van der Waals surface area (Å²) in [5.41, 5.74) is 3.42. The van der Waals surface area contributed by atoms with E-state index in [4.69, 9.17) is 4.74 Å². The number of nitrogens with zero attached hydrogens (tertiary/aromatic N) is 2. The predicted molar refractivity (Wildman–Crippen MR) is 106 cm³/mol. The minimum Gasteiger partial charge on any atom is -0.496 e. The molecule has 0 aliphatic heterocycles. The van der Waals surface area contributed by atoms with Crippen molar-refractivity contribution in [2.45, 2.75) is 13.3 Å². The quantitative estimate of drug-likeness (QED) is 0.673. The second kappa shape index (κ2) is 8.80. The highest BCUT2D eigenvalue weighted by Crippen LogP contribution is 2.18. The van der Waals surface area contributed by atoms with Crippen LogP contribution in [0.3, 0.4) is 0 Å². The van der Waals surface area contributed by atoms with Crippen molar-refractivity contribution in [1.82, 2.24) is 15.3 Å². The average molecular weight is 362 g/mol. The van der Waals surface area contributed by atoms with Crippen LogP contribution in [0.15, 0.2) is 60.9 Å². The number of nitrogens with one attached hydrogen (secondary N) is 2. The van der Waals surface area contributed by atoms with E-state index in [0.29, 0.717) is 24.5 Å². The Bertz CT molecular complexity index is 927. The first-order valence-electron chi connectivity index (χ1n) is 8.71. The van der Waals surface area contributed by atoms with Crippen LogP contribution >= 0.6 is 0 Å². The van der Waals surface area contributed by atoms with E-state index in [1.54, 1.807) is 13.2 Å². The molecule has 0 bridgehead atoms. The number of amides is 1. The topological polar surface area (TPSA) is 76.1 Å². The number of carbonyl (C=O) groups excluding carboxylic acids is 1. The highest BCUT2D eigenvalue weighted by atomic mass is 16.5. The third kappa shape index (κ3) is 5.04. The van der Waals surface area contributed by atoms with Gasteiger partial charge in [0.25, 0.3) is 5.91 Å². The Kier molecular flexibility index (Phi) is 5.99. The van der Waals surface area contributed by atoms with Crippen molar-refractivity contribution in [3.63, 3.8) is 0 Å². The standard InChI is InChI=1S/C21H22N4O2/c1-15-6-5-8-17(12-15)25-20-13-18(23-14-24-20)21(26)22-11-10-16-7-3-4-9-19(16)27-2/h3-9,12-14H,10-11H2,1-2H3,(H,22,26)(H,23,24,25). The Balaban J connectivity index is 1.60. The van der Waals surface area contributed by atoms with Gasteiger partial charge in [-0.2, -0.15) is 0 Å². The molecule has 0 spiro atoms. The molecule has 0 saturated carbocycles. The number of benzene rings is 2. The lowest BCUT2D eigenvalue weighted by molar-refractivity contribution is 0.0949. The second-order valence-electron chi connectivity index (χ2n) is 6.10. The Morgan fingerprint density at radius 3 is 2.74 bits per heavy atom. The van der Waals surface area contributed by atoms with E-state index in [2.05, 4.69) is 20.6 Å². The molecule has 0 unspecified atom stereocenters. The molecule has 0 aliphatic carbocycles. The van der Waals surface area contributed by atoms with Gasteiger partial charge in [-0.25, -0.2) is 9.97 Å². The third-order valence-corrected chi connectivity index (χ3v) is 4.06. The normalized spacial score (nSPS) is 10.3. The van der Waals surface area contributed by atoms with Crippen LogP contribution < -0.4 is 15.4 Å². The van der Waals surface area contributed by atoms with Crippen LogP contribution in [0.2, 0.25) is 0 Å². The fourth-order valence-corrected chi connectivity index (χ4v) is 2.73. The number of para-hydroxylation sites is 1. The van der Waals surface area contributed by atoms with Crippen molar-refractivity contribution < 1.29 is 9.53 Å². The summed E-state index contributed by atoms with van der Waals surface area (Å²) in [6.45, 7) is 2.51. The molecule has 6 nitrogen and oxygen atoms in total. The largest absolute Gasteiger partial charge is 0.496 e. The van der Waals surface area contributed by atoms with Gasteiger partial charge < -0.3 is 15.4 Å². The minimum atomic E-state index is -0.236. The summed E-state index contributed by atoms with van der Waals surface area (Å²) in [5.74, 6) is 1.16. The Labute approximate surface area is 158 Å². The van der Waals surface area contributed by atoms with Gasteiger partial charge in [0, 0.05) is 18.3 Å². The summed E-state index contributed by atoms with van der Waals surface area (Å²) in [6.07, 6.45) is 2.06. The second-order valence-corrected chi connectivity index (χ2v) is 6.10. The van der Waals surface area contributed by atoms with Crippen LogP contribution in [0.5, 0.6) is 5.75 Å². The van der Waals surface area contributed by atoms with Gasteiger partial charge >= 0.3 is 0 Å². The molecule has 1 aromatic heterocycles. The molecule has 0 aliphatic rings. The molecular weight excluding hydrogens is 340 g/mol. The van der Waals surface area contributed by atoms with E-state index < -0.39 is 0 Å². The zero-order valence-corrected chi connectivity index (χ0v) is 15.4. The molecule has 1 amide bonds. The van der Waals surface area contributed by atoms with Gasteiger partial charge in [0.15, 0.2) is 0 Å².